The maximum atomic E-state index is 15.2. The number of pyridine rings is 2. The van der Waals surface area contributed by atoms with E-state index in [4.69, 9.17) is 21.6 Å². The molecule has 12 heteroatoms. The summed E-state index contributed by atoms with van der Waals surface area (Å²) in [6, 6.07) is 9.36. The predicted molar refractivity (Wildman–Crippen MR) is 179 cm³/mol. The third kappa shape index (κ3) is 5.44. The minimum Gasteiger partial charge on any atom is -0.465 e. The quantitative estimate of drug-likeness (QED) is 0.247. The fourth-order valence-corrected chi connectivity index (χ4v) is 6.67. The first kappa shape index (κ1) is 31.7. The van der Waals surface area contributed by atoms with Crippen LogP contribution in [0, 0.1) is 5.82 Å². The lowest BCUT2D eigenvalue weighted by atomic mass is 9.96. The number of fused-ring (bicyclic) bond motifs is 1. The van der Waals surface area contributed by atoms with Crippen molar-refractivity contribution >= 4 is 40.4 Å². The molecule has 0 radical (unpaired) electrons. The first-order valence-corrected chi connectivity index (χ1v) is 16.2. The zero-order valence-electron chi connectivity index (χ0n) is 27.0. The van der Waals surface area contributed by atoms with Crippen LogP contribution in [0.2, 0.25) is 5.02 Å². The lowest BCUT2D eigenvalue weighted by molar-refractivity contribution is 0.114. The number of hydrogen-bond acceptors (Lipinski definition) is 7. The SMILES string of the molecule is CC(C)c1cc(N2CCC2)nc(C(C)C)c1-n1c(=O)nc(N2C[C@@H](C)N(C(=O)O)C[C@@H]2C)c2cc(Cl)c(-c3ccccc3F)nc21. The molecule has 6 rings (SSSR count). The Hall–Kier alpha value is -4.25. The number of carboxylic acid groups (broad SMARTS) is 1. The van der Waals surface area contributed by atoms with Crippen LogP contribution in [-0.4, -0.2) is 73.9 Å². The van der Waals surface area contributed by atoms with Crippen molar-refractivity contribution in [2.24, 2.45) is 0 Å². The summed E-state index contributed by atoms with van der Waals surface area (Å²) < 4.78 is 16.7. The Balaban J connectivity index is 1.68. The van der Waals surface area contributed by atoms with Gasteiger partial charge in [0.25, 0.3) is 0 Å². The maximum Gasteiger partial charge on any atom is 0.407 e. The zero-order valence-corrected chi connectivity index (χ0v) is 27.7. The molecule has 0 spiro atoms. The Labute approximate surface area is 272 Å². The zero-order chi connectivity index (χ0) is 33.0. The monoisotopic (exact) mass is 647 g/mol. The van der Waals surface area contributed by atoms with Gasteiger partial charge in [-0.3, -0.25) is 0 Å². The van der Waals surface area contributed by atoms with Crippen LogP contribution in [0.3, 0.4) is 0 Å². The number of carbonyl (C=O) groups is 1. The summed E-state index contributed by atoms with van der Waals surface area (Å²) in [6.45, 7) is 14.4. The van der Waals surface area contributed by atoms with Crippen LogP contribution in [0.1, 0.15) is 71.1 Å². The van der Waals surface area contributed by atoms with E-state index >= 15 is 4.39 Å². The molecule has 0 unspecified atom stereocenters. The number of piperazine rings is 1. The Morgan fingerprint density at radius 1 is 1.00 bits per heavy atom. The molecule has 0 saturated carbocycles. The number of benzene rings is 1. The highest BCUT2D eigenvalue weighted by molar-refractivity contribution is 6.33. The van der Waals surface area contributed by atoms with Crippen molar-refractivity contribution in [1.29, 1.82) is 0 Å². The molecule has 46 heavy (non-hydrogen) atoms. The van der Waals surface area contributed by atoms with Gasteiger partial charge in [0.15, 0.2) is 5.65 Å². The molecule has 3 aromatic heterocycles. The molecule has 2 aliphatic heterocycles. The first-order chi connectivity index (χ1) is 21.9. The van der Waals surface area contributed by atoms with Crippen molar-refractivity contribution in [3.8, 4) is 16.9 Å². The van der Waals surface area contributed by atoms with Gasteiger partial charge in [-0.1, -0.05) is 51.4 Å². The Bertz CT molecular complexity index is 1860. The summed E-state index contributed by atoms with van der Waals surface area (Å²) >= 11 is 6.86. The lowest BCUT2D eigenvalue weighted by Crippen LogP contribution is -2.58. The summed E-state index contributed by atoms with van der Waals surface area (Å²) in [6.07, 6.45) is 0.108. The summed E-state index contributed by atoms with van der Waals surface area (Å²) in [5.41, 5.74) is 2.43. The lowest BCUT2D eigenvalue weighted by Gasteiger charge is -2.43. The van der Waals surface area contributed by atoms with E-state index in [-0.39, 0.29) is 52.4 Å². The van der Waals surface area contributed by atoms with Crippen LogP contribution in [0.25, 0.3) is 28.0 Å². The molecular weight excluding hydrogens is 609 g/mol. The minimum absolute atomic E-state index is 0.0282. The Kier molecular flexibility index (Phi) is 8.39. The highest BCUT2D eigenvalue weighted by Crippen LogP contribution is 2.39. The number of hydrogen-bond donors (Lipinski definition) is 1. The van der Waals surface area contributed by atoms with Gasteiger partial charge in [0.1, 0.15) is 17.5 Å². The molecule has 1 amide bonds. The average Bonchev–Trinajstić information content (AvgIpc) is 2.97. The Morgan fingerprint density at radius 2 is 1.72 bits per heavy atom. The third-order valence-electron chi connectivity index (χ3n) is 9.04. The van der Waals surface area contributed by atoms with Gasteiger partial charge in [0.05, 0.1) is 27.5 Å². The van der Waals surface area contributed by atoms with Crippen molar-refractivity contribution in [2.45, 2.75) is 71.9 Å². The van der Waals surface area contributed by atoms with E-state index in [1.807, 2.05) is 32.6 Å². The second-order valence-electron chi connectivity index (χ2n) is 13.0. The van der Waals surface area contributed by atoms with Gasteiger partial charge < -0.3 is 19.8 Å². The number of halogens is 2. The van der Waals surface area contributed by atoms with Crippen LogP contribution in [0.15, 0.2) is 41.2 Å². The molecule has 2 aliphatic rings. The number of nitrogens with zero attached hydrogens (tertiary/aromatic N) is 7. The second-order valence-corrected chi connectivity index (χ2v) is 13.4. The Morgan fingerprint density at radius 3 is 2.33 bits per heavy atom. The molecule has 0 bridgehead atoms. The first-order valence-electron chi connectivity index (χ1n) is 15.8. The van der Waals surface area contributed by atoms with Gasteiger partial charge in [-0.2, -0.15) is 4.98 Å². The van der Waals surface area contributed by atoms with Crippen LogP contribution < -0.4 is 15.5 Å². The summed E-state index contributed by atoms with van der Waals surface area (Å²) in [7, 11) is 0. The van der Waals surface area contributed by atoms with Gasteiger partial charge in [0.2, 0.25) is 0 Å². The van der Waals surface area contributed by atoms with Gasteiger partial charge in [-0.15, -0.1) is 0 Å². The molecule has 1 N–H and O–H groups in total. The van der Waals surface area contributed by atoms with Crippen molar-refractivity contribution in [2.75, 3.05) is 36.0 Å². The smallest absolute Gasteiger partial charge is 0.407 e. The van der Waals surface area contributed by atoms with E-state index < -0.39 is 17.6 Å². The predicted octanol–water partition coefficient (Wildman–Crippen LogP) is 6.67. The largest absolute Gasteiger partial charge is 0.465 e. The summed E-state index contributed by atoms with van der Waals surface area (Å²) in [4.78, 5) is 46.6. The van der Waals surface area contributed by atoms with Crippen LogP contribution >= 0.6 is 11.6 Å². The number of amides is 1. The molecule has 4 aromatic rings. The normalized spacial score (nSPS) is 18.5. The van der Waals surface area contributed by atoms with E-state index in [0.717, 1.165) is 36.6 Å². The van der Waals surface area contributed by atoms with Gasteiger partial charge >= 0.3 is 11.8 Å². The van der Waals surface area contributed by atoms with Gasteiger partial charge in [-0.05, 0) is 61.9 Å². The van der Waals surface area contributed by atoms with Crippen molar-refractivity contribution < 1.29 is 14.3 Å². The highest BCUT2D eigenvalue weighted by atomic mass is 35.5. The van der Waals surface area contributed by atoms with Crippen LogP contribution in [-0.2, 0) is 0 Å². The molecule has 2 atom stereocenters. The molecule has 2 fully saturated rings. The summed E-state index contributed by atoms with van der Waals surface area (Å²) in [5, 5.41) is 10.5. The van der Waals surface area contributed by atoms with Crippen molar-refractivity contribution in [1.82, 2.24) is 24.4 Å². The van der Waals surface area contributed by atoms with Gasteiger partial charge in [0, 0.05) is 43.8 Å². The standard InChI is InChI=1S/C34H39ClFN7O3/c1-18(2)23-15-27(40-12-9-13-40)37-28(19(3)4)30(23)43-32-24(14-25(35)29(38-32)22-10-7-8-11-26(22)36)31(39-33(43)44)41-16-21(6)42(34(45)46)17-20(41)5/h7-8,10-11,14-15,18-21H,9,12-13,16-17H2,1-6H3,(H,45,46)/t20-,21+/m0/s1. The second kappa shape index (κ2) is 12.2. The summed E-state index contributed by atoms with van der Waals surface area (Å²) in [5.74, 6) is 0.737. The van der Waals surface area contributed by atoms with E-state index in [1.54, 1.807) is 24.3 Å². The molecule has 0 aliphatic carbocycles. The van der Waals surface area contributed by atoms with Crippen molar-refractivity contribution in [3.05, 3.63) is 69.0 Å². The highest BCUT2D eigenvalue weighted by Gasteiger charge is 2.35. The van der Waals surface area contributed by atoms with Gasteiger partial charge in [-0.25, -0.2) is 28.5 Å². The molecule has 10 nitrogen and oxygen atoms in total. The van der Waals surface area contributed by atoms with E-state index in [2.05, 4.69) is 29.8 Å². The fourth-order valence-electron chi connectivity index (χ4n) is 6.41. The van der Waals surface area contributed by atoms with E-state index in [9.17, 15) is 14.7 Å². The van der Waals surface area contributed by atoms with Crippen molar-refractivity contribution in [3.63, 3.8) is 0 Å². The van der Waals surface area contributed by atoms with Crippen LogP contribution in [0.4, 0.5) is 20.8 Å². The fraction of sp³-hybridized carbons (Fsp3) is 0.441. The topological polar surface area (TPSA) is 108 Å². The molecule has 5 heterocycles. The molecule has 1 aromatic carbocycles. The number of rotatable bonds is 6. The number of aromatic nitrogens is 4. The maximum absolute atomic E-state index is 15.2. The van der Waals surface area contributed by atoms with E-state index in [1.165, 1.54) is 15.5 Å². The van der Waals surface area contributed by atoms with Crippen LogP contribution in [0.5, 0.6) is 0 Å². The average molecular weight is 648 g/mol. The molecule has 2 saturated heterocycles. The van der Waals surface area contributed by atoms with E-state index in [0.29, 0.717) is 23.4 Å². The molecule has 242 valence electrons. The third-order valence-corrected chi connectivity index (χ3v) is 9.33. The molecular formula is C34H39ClFN7O3. The minimum atomic E-state index is -0.997. The number of anilines is 2.